The molecule has 2 aromatic heterocycles. The molecule has 21 heavy (non-hydrogen) atoms. The minimum Gasteiger partial charge on any atom is -0.493 e. The first-order valence-electron chi connectivity index (χ1n) is 6.96. The third-order valence-electron chi connectivity index (χ3n) is 3.51. The van der Waals surface area contributed by atoms with Crippen LogP contribution in [0.15, 0.2) is 47.2 Å². The van der Waals surface area contributed by atoms with Crippen LogP contribution in [-0.4, -0.2) is 16.0 Å². The van der Waals surface area contributed by atoms with Gasteiger partial charge in [0.05, 0.1) is 12.1 Å². The van der Waals surface area contributed by atoms with E-state index in [2.05, 4.69) is 57.4 Å². The molecule has 4 heteroatoms. The topological polar surface area (TPSA) is 26.5 Å². The summed E-state index contributed by atoms with van der Waals surface area (Å²) in [6, 6.07) is 12.2. The Hall–Kier alpha value is -1.81. The zero-order valence-corrected chi connectivity index (χ0v) is 13.7. The zero-order valence-electron chi connectivity index (χ0n) is 12.1. The van der Waals surface area contributed by atoms with Gasteiger partial charge in [-0.3, -0.25) is 0 Å². The average molecular weight is 345 g/mol. The van der Waals surface area contributed by atoms with Crippen molar-refractivity contribution in [3.8, 4) is 5.75 Å². The molecule has 0 fully saturated rings. The summed E-state index contributed by atoms with van der Waals surface area (Å²) < 4.78 is 8.80. The molecule has 0 bridgehead atoms. The number of benzene rings is 1. The van der Waals surface area contributed by atoms with Crippen LogP contribution in [0.5, 0.6) is 5.75 Å². The second kappa shape index (κ2) is 5.90. The summed E-state index contributed by atoms with van der Waals surface area (Å²) in [5, 5.41) is 0. The van der Waals surface area contributed by atoms with Gasteiger partial charge in [-0.25, -0.2) is 4.98 Å². The molecule has 0 aliphatic carbocycles. The lowest BCUT2D eigenvalue weighted by Gasteiger charge is -2.06. The van der Waals surface area contributed by atoms with Crippen LogP contribution in [-0.2, 0) is 6.42 Å². The number of imidazole rings is 1. The normalized spacial score (nSPS) is 11.0. The minimum atomic E-state index is 0.614. The predicted octanol–water partition coefficient (Wildman–Crippen LogP) is 4.34. The molecule has 0 saturated heterocycles. The van der Waals surface area contributed by atoms with Crippen molar-refractivity contribution >= 4 is 21.4 Å². The number of rotatable bonds is 4. The summed E-state index contributed by atoms with van der Waals surface area (Å²) >= 11 is 3.54. The third-order valence-corrected chi connectivity index (χ3v) is 4.06. The quantitative estimate of drug-likeness (QED) is 0.703. The summed E-state index contributed by atoms with van der Waals surface area (Å²) in [4.78, 5) is 4.60. The molecule has 2 heterocycles. The molecule has 1 aromatic carbocycles. The SMILES string of the molecule is Cc1ccc(OCCc2nc(Br)c3c(C)cccn23)cc1. The van der Waals surface area contributed by atoms with Gasteiger partial charge in [-0.05, 0) is 53.5 Å². The smallest absolute Gasteiger partial charge is 0.132 e. The van der Waals surface area contributed by atoms with Gasteiger partial charge in [0, 0.05) is 12.6 Å². The van der Waals surface area contributed by atoms with Crippen molar-refractivity contribution in [3.63, 3.8) is 0 Å². The fraction of sp³-hybridized carbons (Fsp3) is 0.235. The van der Waals surface area contributed by atoms with Crippen molar-refractivity contribution < 1.29 is 4.74 Å². The van der Waals surface area contributed by atoms with Gasteiger partial charge in [0.25, 0.3) is 0 Å². The first-order chi connectivity index (χ1) is 10.1. The van der Waals surface area contributed by atoms with E-state index in [0.717, 1.165) is 28.1 Å². The minimum absolute atomic E-state index is 0.614. The van der Waals surface area contributed by atoms with Crippen LogP contribution in [0.4, 0.5) is 0 Å². The molecule has 0 N–H and O–H groups in total. The summed E-state index contributed by atoms with van der Waals surface area (Å²) in [6.45, 7) is 4.78. The number of hydrogen-bond donors (Lipinski definition) is 0. The highest BCUT2D eigenvalue weighted by Crippen LogP contribution is 2.22. The van der Waals surface area contributed by atoms with Crippen molar-refractivity contribution in [3.05, 3.63) is 64.1 Å². The Bertz CT molecular complexity index is 762. The van der Waals surface area contributed by atoms with E-state index in [1.54, 1.807) is 0 Å². The van der Waals surface area contributed by atoms with Crippen LogP contribution in [0.2, 0.25) is 0 Å². The van der Waals surface area contributed by atoms with Crippen LogP contribution in [0.25, 0.3) is 5.52 Å². The number of pyridine rings is 1. The maximum Gasteiger partial charge on any atom is 0.132 e. The molecule has 0 radical (unpaired) electrons. The average Bonchev–Trinajstić information content (AvgIpc) is 2.79. The van der Waals surface area contributed by atoms with Gasteiger partial charge in [0.1, 0.15) is 16.2 Å². The molecule has 0 aliphatic rings. The van der Waals surface area contributed by atoms with Crippen molar-refractivity contribution in [2.75, 3.05) is 6.61 Å². The number of aromatic nitrogens is 2. The highest BCUT2D eigenvalue weighted by Gasteiger charge is 2.10. The van der Waals surface area contributed by atoms with Crippen molar-refractivity contribution in [2.45, 2.75) is 20.3 Å². The second-order valence-electron chi connectivity index (χ2n) is 5.14. The summed E-state index contributed by atoms with van der Waals surface area (Å²) in [5.74, 6) is 1.91. The Balaban J connectivity index is 1.74. The lowest BCUT2D eigenvalue weighted by Crippen LogP contribution is -2.05. The maximum atomic E-state index is 5.78. The predicted molar refractivity (Wildman–Crippen MR) is 88.0 cm³/mol. The Labute approximate surface area is 132 Å². The van der Waals surface area contributed by atoms with Gasteiger partial charge in [-0.1, -0.05) is 23.8 Å². The van der Waals surface area contributed by atoms with E-state index in [4.69, 9.17) is 4.74 Å². The number of aryl methyl sites for hydroxylation is 2. The summed E-state index contributed by atoms with van der Waals surface area (Å²) in [6.07, 6.45) is 2.81. The van der Waals surface area contributed by atoms with Crippen molar-refractivity contribution in [2.24, 2.45) is 0 Å². The van der Waals surface area contributed by atoms with Crippen LogP contribution < -0.4 is 4.74 Å². The molecule has 0 saturated carbocycles. The summed E-state index contributed by atoms with van der Waals surface area (Å²) in [7, 11) is 0. The molecular formula is C17H17BrN2O. The van der Waals surface area contributed by atoms with E-state index in [-0.39, 0.29) is 0 Å². The number of hydrogen-bond acceptors (Lipinski definition) is 2. The summed E-state index contributed by atoms with van der Waals surface area (Å²) in [5.41, 5.74) is 3.58. The molecule has 0 aliphatic heterocycles. The second-order valence-corrected chi connectivity index (χ2v) is 5.89. The standard InChI is InChI=1S/C17H17BrN2O/c1-12-5-7-14(8-6-12)21-11-9-15-19-17(18)16-13(2)4-3-10-20(15)16/h3-8,10H,9,11H2,1-2H3. The number of halogens is 1. The van der Waals surface area contributed by atoms with Gasteiger partial charge < -0.3 is 9.14 Å². The van der Waals surface area contributed by atoms with Gasteiger partial charge in [-0.2, -0.15) is 0 Å². The molecule has 0 amide bonds. The number of nitrogens with zero attached hydrogens (tertiary/aromatic N) is 2. The van der Waals surface area contributed by atoms with E-state index < -0.39 is 0 Å². The van der Waals surface area contributed by atoms with E-state index in [1.807, 2.05) is 24.4 Å². The first kappa shape index (κ1) is 14.1. The number of ether oxygens (including phenoxy) is 1. The zero-order chi connectivity index (χ0) is 14.8. The van der Waals surface area contributed by atoms with Gasteiger partial charge in [0.2, 0.25) is 0 Å². The lowest BCUT2D eigenvalue weighted by atomic mass is 10.2. The lowest BCUT2D eigenvalue weighted by molar-refractivity contribution is 0.318. The van der Waals surface area contributed by atoms with Gasteiger partial charge >= 0.3 is 0 Å². The largest absolute Gasteiger partial charge is 0.493 e. The van der Waals surface area contributed by atoms with Crippen LogP contribution in [0.3, 0.4) is 0 Å². The highest BCUT2D eigenvalue weighted by molar-refractivity contribution is 9.10. The molecule has 108 valence electrons. The first-order valence-corrected chi connectivity index (χ1v) is 7.76. The highest BCUT2D eigenvalue weighted by atomic mass is 79.9. The van der Waals surface area contributed by atoms with Crippen molar-refractivity contribution in [1.82, 2.24) is 9.38 Å². The fourth-order valence-electron chi connectivity index (χ4n) is 2.39. The van der Waals surface area contributed by atoms with E-state index in [9.17, 15) is 0 Å². The Morgan fingerprint density at radius 3 is 2.67 bits per heavy atom. The Morgan fingerprint density at radius 1 is 1.14 bits per heavy atom. The fourth-order valence-corrected chi connectivity index (χ4v) is 3.09. The molecule has 3 nitrogen and oxygen atoms in total. The van der Waals surface area contributed by atoms with Crippen LogP contribution in [0.1, 0.15) is 17.0 Å². The number of fused-ring (bicyclic) bond motifs is 1. The van der Waals surface area contributed by atoms with E-state index >= 15 is 0 Å². The van der Waals surface area contributed by atoms with Crippen molar-refractivity contribution in [1.29, 1.82) is 0 Å². The maximum absolute atomic E-state index is 5.78. The molecule has 0 unspecified atom stereocenters. The molecule has 3 rings (SSSR count). The van der Waals surface area contributed by atoms with E-state index in [0.29, 0.717) is 6.61 Å². The van der Waals surface area contributed by atoms with Crippen LogP contribution in [0, 0.1) is 13.8 Å². The molecule has 0 atom stereocenters. The molecular weight excluding hydrogens is 328 g/mol. The van der Waals surface area contributed by atoms with Gasteiger partial charge in [-0.15, -0.1) is 0 Å². The van der Waals surface area contributed by atoms with Crippen LogP contribution >= 0.6 is 15.9 Å². The Morgan fingerprint density at radius 2 is 1.90 bits per heavy atom. The monoisotopic (exact) mass is 344 g/mol. The third kappa shape index (κ3) is 2.95. The molecule has 3 aromatic rings. The van der Waals surface area contributed by atoms with E-state index in [1.165, 1.54) is 11.1 Å². The van der Waals surface area contributed by atoms with Gasteiger partial charge in [0.15, 0.2) is 0 Å². The Kier molecular flexibility index (Phi) is 3.97. The molecule has 0 spiro atoms.